The molecule has 6 nitrogen and oxygen atoms in total. The molecular weight excluding hydrogens is 364 g/mol. The summed E-state index contributed by atoms with van der Waals surface area (Å²) in [5.41, 5.74) is 3.08. The summed E-state index contributed by atoms with van der Waals surface area (Å²) < 4.78 is 0. The van der Waals surface area contributed by atoms with E-state index in [1.807, 2.05) is 75.6 Å². The van der Waals surface area contributed by atoms with E-state index < -0.39 is 0 Å². The van der Waals surface area contributed by atoms with Gasteiger partial charge >= 0.3 is 6.03 Å². The first-order chi connectivity index (χ1) is 13.9. The average Bonchev–Trinajstić information content (AvgIpc) is 2.68. The molecule has 0 aliphatic heterocycles. The Bertz CT molecular complexity index is 1030. The van der Waals surface area contributed by atoms with Gasteiger partial charge in [0.1, 0.15) is 0 Å². The van der Waals surface area contributed by atoms with Gasteiger partial charge < -0.3 is 20.1 Å². The van der Waals surface area contributed by atoms with Crippen LogP contribution in [-0.2, 0) is 6.54 Å². The summed E-state index contributed by atoms with van der Waals surface area (Å²) in [4.78, 5) is 32.2. The molecule has 6 heteroatoms. The van der Waals surface area contributed by atoms with E-state index in [-0.39, 0.29) is 18.1 Å². The number of rotatable bonds is 7. The number of fused-ring (bicyclic) bond motifs is 1. The fourth-order valence-electron chi connectivity index (χ4n) is 3.25. The summed E-state index contributed by atoms with van der Waals surface area (Å²) >= 11 is 0. The number of carbonyl (C=O) groups excluding carboxylic acids is 1. The van der Waals surface area contributed by atoms with Gasteiger partial charge in [0.05, 0.1) is 6.54 Å². The Hall–Kier alpha value is -3.12. The molecule has 1 heterocycles. The van der Waals surface area contributed by atoms with E-state index in [4.69, 9.17) is 0 Å². The molecule has 29 heavy (non-hydrogen) atoms. The van der Waals surface area contributed by atoms with E-state index in [1.54, 1.807) is 4.90 Å². The predicted molar refractivity (Wildman–Crippen MR) is 118 cm³/mol. The molecule has 0 aliphatic rings. The molecule has 0 radical (unpaired) electrons. The molecular formula is C23H28N4O2. The normalized spacial score (nSPS) is 11.0. The second-order valence-electron chi connectivity index (χ2n) is 7.59. The molecule has 152 valence electrons. The highest BCUT2D eigenvalue weighted by Gasteiger charge is 2.16. The van der Waals surface area contributed by atoms with Crippen molar-refractivity contribution in [2.24, 2.45) is 0 Å². The minimum atomic E-state index is -0.210. The first kappa shape index (κ1) is 20.6. The minimum Gasteiger partial charge on any atom is -0.322 e. The van der Waals surface area contributed by atoms with Gasteiger partial charge in [-0.15, -0.1) is 0 Å². The van der Waals surface area contributed by atoms with Gasteiger partial charge in [-0.2, -0.15) is 0 Å². The van der Waals surface area contributed by atoms with Crippen LogP contribution in [-0.4, -0.2) is 48.0 Å². The topological polar surface area (TPSA) is 68.4 Å². The number of nitrogens with one attached hydrogen (secondary N) is 2. The SMILES string of the molecule is Cc1ccc2[nH]c(=O)c(CN(CCCN(C)C)C(=O)Nc3ccccc3)cc2c1. The fraction of sp³-hybridized carbons (Fsp3) is 0.304. The van der Waals surface area contributed by atoms with E-state index in [0.29, 0.717) is 12.1 Å². The molecule has 0 spiro atoms. The van der Waals surface area contributed by atoms with Gasteiger partial charge in [0.2, 0.25) is 0 Å². The van der Waals surface area contributed by atoms with Crippen LogP contribution in [0.15, 0.2) is 59.4 Å². The summed E-state index contributed by atoms with van der Waals surface area (Å²) in [7, 11) is 4.01. The standard InChI is InChI=1S/C23H28N4O2/c1-17-10-11-21-18(14-17)15-19(22(28)25-21)16-27(13-7-12-26(2)3)23(29)24-20-8-5-4-6-9-20/h4-6,8-11,14-15H,7,12-13,16H2,1-3H3,(H,24,29)(H,25,28). The number of carbonyl (C=O) groups is 1. The van der Waals surface area contributed by atoms with Gasteiger partial charge in [-0.05, 0) is 69.7 Å². The number of urea groups is 1. The maximum atomic E-state index is 12.9. The molecule has 0 saturated carbocycles. The van der Waals surface area contributed by atoms with Gasteiger partial charge in [0.15, 0.2) is 0 Å². The largest absolute Gasteiger partial charge is 0.322 e. The molecule has 2 amide bonds. The lowest BCUT2D eigenvalue weighted by Gasteiger charge is -2.24. The van der Waals surface area contributed by atoms with Crippen molar-refractivity contribution in [3.8, 4) is 0 Å². The van der Waals surface area contributed by atoms with E-state index in [2.05, 4.69) is 15.2 Å². The Kier molecular flexibility index (Phi) is 6.67. The number of anilines is 1. The molecule has 0 aliphatic carbocycles. The zero-order chi connectivity index (χ0) is 20.8. The molecule has 0 unspecified atom stereocenters. The van der Waals surface area contributed by atoms with Crippen molar-refractivity contribution in [1.82, 2.24) is 14.8 Å². The minimum absolute atomic E-state index is 0.161. The van der Waals surface area contributed by atoms with Gasteiger partial charge in [-0.25, -0.2) is 4.79 Å². The summed E-state index contributed by atoms with van der Waals surface area (Å²) in [6.45, 7) is 3.70. The van der Waals surface area contributed by atoms with Crippen molar-refractivity contribution in [1.29, 1.82) is 0 Å². The Morgan fingerprint density at radius 3 is 2.52 bits per heavy atom. The van der Waals surface area contributed by atoms with Crippen LogP contribution in [0.5, 0.6) is 0 Å². The van der Waals surface area contributed by atoms with Crippen LogP contribution in [0.1, 0.15) is 17.5 Å². The number of nitrogens with zero attached hydrogens (tertiary/aromatic N) is 2. The van der Waals surface area contributed by atoms with Gasteiger partial charge in [-0.3, -0.25) is 4.79 Å². The van der Waals surface area contributed by atoms with Crippen LogP contribution in [0.2, 0.25) is 0 Å². The smallest absolute Gasteiger partial charge is 0.322 e. The molecule has 2 N–H and O–H groups in total. The second kappa shape index (κ2) is 9.39. The van der Waals surface area contributed by atoms with Crippen molar-refractivity contribution in [2.75, 3.05) is 32.5 Å². The number of amides is 2. The molecule has 1 aromatic heterocycles. The third-order valence-corrected chi connectivity index (χ3v) is 4.78. The molecule has 3 rings (SSSR count). The predicted octanol–water partition coefficient (Wildman–Crippen LogP) is 3.82. The van der Waals surface area contributed by atoms with Crippen LogP contribution < -0.4 is 10.9 Å². The number of aryl methyl sites for hydroxylation is 1. The van der Waals surface area contributed by atoms with Crippen molar-refractivity contribution in [3.63, 3.8) is 0 Å². The zero-order valence-electron chi connectivity index (χ0n) is 17.2. The summed E-state index contributed by atoms with van der Waals surface area (Å²) in [5, 5.41) is 3.90. The van der Waals surface area contributed by atoms with Crippen molar-refractivity contribution in [2.45, 2.75) is 19.9 Å². The van der Waals surface area contributed by atoms with Gasteiger partial charge in [0, 0.05) is 23.3 Å². The van der Waals surface area contributed by atoms with E-state index in [9.17, 15) is 9.59 Å². The number of hydrogen-bond donors (Lipinski definition) is 2. The lowest BCUT2D eigenvalue weighted by atomic mass is 10.1. The third-order valence-electron chi connectivity index (χ3n) is 4.78. The van der Waals surface area contributed by atoms with Crippen molar-refractivity contribution < 1.29 is 4.79 Å². The highest BCUT2D eigenvalue weighted by molar-refractivity contribution is 5.89. The Balaban J connectivity index is 1.83. The second-order valence-corrected chi connectivity index (χ2v) is 7.59. The quantitative estimate of drug-likeness (QED) is 0.642. The monoisotopic (exact) mass is 392 g/mol. The van der Waals surface area contributed by atoms with E-state index in [0.717, 1.165) is 35.1 Å². The number of aromatic amines is 1. The maximum Gasteiger partial charge on any atom is 0.322 e. The van der Waals surface area contributed by atoms with Crippen LogP contribution in [0.3, 0.4) is 0 Å². The number of pyridine rings is 1. The number of benzene rings is 2. The summed E-state index contributed by atoms with van der Waals surface area (Å²) in [5.74, 6) is 0. The molecule has 0 fully saturated rings. The Morgan fingerprint density at radius 1 is 1.03 bits per heavy atom. The molecule has 0 saturated heterocycles. The van der Waals surface area contributed by atoms with Crippen LogP contribution in [0, 0.1) is 6.92 Å². The molecule has 0 atom stereocenters. The number of aromatic nitrogens is 1. The molecule has 0 bridgehead atoms. The number of para-hydroxylation sites is 1. The van der Waals surface area contributed by atoms with Crippen LogP contribution >= 0.6 is 0 Å². The van der Waals surface area contributed by atoms with Gasteiger partial charge in [0.25, 0.3) is 5.56 Å². The highest BCUT2D eigenvalue weighted by atomic mass is 16.2. The maximum absolute atomic E-state index is 12.9. The summed E-state index contributed by atoms with van der Waals surface area (Å²) in [6, 6.07) is 16.9. The Labute approximate surface area is 171 Å². The molecule has 2 aromatic carbocycles. The number of H-pyrrole nitrogens is 1. The average molecular weight is 393 g/mol. The third kappa shape index (κ3) is 5.68. The highest BCUT2D eigenvalue weighted by Crippen LogP contribution is 2.15. The Morgan fingerprint density at radius 2 is 1.79 bits per heavy atom. The molecule has 3 aromatic rings. The zero-order valence-corrected chi connectivity index (χ0v) is 17.2. The van der Waals surface area contributed by atoms with Crippen molar-refractivity contribution >= 4 is 22.6 Å². The van der Waals surface area contributed by atoms with Crippen LogP contribution in [0.25, 0.3) is 10.9 Å². The summed E-state index contributed by atoms with van der Waals surface area (Å²) in [6.07, 6.45) is 0.819. The first-order valence-electron chi connectivity index (χ1n) is 9.80. The van der Waals surface area contributed by atoms with Crippen molar-refractivity contribution in [3.05, 3.63) is 76.1 Å². The lowest BCUT2D eigenvalue weighted by Crippen LogP contribution is -2.37. The van der Waals surface area contributed by atoms with Gasteiger partial charge in [-0.1, -0.05) is 29.8 Å². The van der Waals surface area contributed by atoms with E-state index in [1.165, 1.54) is 0 Å². The number of hydrogen-bond acceptors (Lipinski definition) is 3. The van der Waals surface area contributed by atoms with E-state index >= 15 is 0 Å². The fourth-order valence-corrected chi connectivity index (χ4v) is 3.25. The first-order valence-corrected chi connectivity index (χ1v) is 9.80. The lowest BCUT2D eigenvalue weighted by molar-refractivity contribution is 0.205. The van der Waals surface area contributed by atoms with Crippen LogP contribution in [0.4, 0.5) is 10.5 Å².